The van der Waals surface area contributed by atoms with Crippen LogP contribution in [0.2, 0.25) is 0 Å². The molecule has 0 radical (unpaired) electrons. The smallest absolute Gasteiger partial charge is 0.243 e. The Balaban J connectivity index is 2.06. The highest BCUT2D eigenvalue weighted by atomic mass is 16.2. The number of hydrogen-bond donors (Lipinski definition) is 3. The van der Waals surface area contributed by atoms with Crippen LogP contribution in [0.3, 0.4) is 0 Å². The second-order valence-corrected chi connectivity index (χ2v) is 7.36. The molecule has 2 rings (SSSR count). The molecule has 0 aliphatic heterocycles. The van der Waals surface area contributed by atoms with E-state index >= 15 is 0 Å². The Hall–Kier alpha value is -2.82. The van der Waals surface area contributed by atoms with Crippen molar-refractivity contribution in [2.24, 2.45) is 0 Å². The predicted molar refractivity (Wildman–Crippen MR) is 108 cm³/mol. The van der Waals surface area contributed by atoms with Crippen molar-refractivity contribution in [3.8, 4) is 0 Å². The Morgan fingerprint density at radius 1 is 0.885 bits per heavy atom. The average Bonchev–Trinajstić information content (AvgIpc) is 2.55. The van der Waals surface area contributed by atoms with Crippen LogP contribution >= 0.6 is 0 Å². The summed E-state index contributed by atoms with van der Waals surface area (Å²) in [6.45, 7) is 9.87. The Labute approximate surface area is 155 Å². The fourth-order valence-electron chi connectivity index (χ4n) is 2.77. The zero-order valence-corrected chi connectivity index (χ0v) is 16.1. The zero-order chi connectivity index (χ0) is 19.3. The predicted octanol–water partition coefficient (Wildman–Crippen LogP) is 4.30. The number of hydrogen-bond acceptors (Lipinski definition) is 3. The van der Waals surface area contributed by atoms with Crippen LogP contribution in [0, 0.1) is 6.92 Å². The first kappa shape index (κ1) is 19.5. The summed E-state index contributed by atoms with van der Waals surface area (Å²) in [6.07, 6.45) is 0. The number of amides is 2. The van der Waals surface area contributed by atoms with E-state index in [-0.39, 0.29) is 23.8 Å². The van der Waals surface area contributed by atoms with E-state index < -0.39 is 0 Å². The third-order valence-electron chi connectivity index (χ3n) is 4.09. The van der Waals surface area contributed by atoms with E-state index in [0.29, 0.717) is 0 Å². The molecule has 3 N–H and O–H groups in total. The number of anilines is 3. The molecule has 0 saturated heterocycles. The normalized spacial score (nSPS) is 11.0. The van der Waals surface area contributed by atoms with Crippen LogP contribution in [-0.2, 0) is 15.0 Å². The van der Waals surface area contributed by atoms with Crippen molar-refractivity contribution < 1.29 is 9.59 Å². The zero-order valence-electron chi connectivity index (χ0n) is 16.1. The van der Waals surface area contributed by atoms with Crippen molar-refractivity contribution in [2.45, 2.75) is 40.0 Å². The molecule has 0 spiro atoms. The monoisotopic (exact) mass is 353 g/mol. The Morgan fingerprint density at radius 2 is 1.50 bits per heavy atom. The second kappa shape index (κ2) is 8.04. The molecule has 0 atom stereocenters. The molecule has 2 amide bonds. The van der Waals surface area contributed by atoms with Crippen molar-refractivity contribution in [2.75, 3.05) is 22.5 Å². The molecule has 0 fully saturated rings. The topological polar surface area (TPSA) is 70.2 Å². The van der Waals surface area contributed by atoms with Gasteiger partial charge in [0.15, 0.2) is 0 Å². The van der Waals surface area contributed by atoms with Gasteiger partial charge in [0.2, 0.25) is 11.8 Å². The highest BCUT2D eigenvalue weighted by Crippen LogP contribution is 2.29. The van der Waals surface area contributed by atoms with E-state index in [1.807, 2.05) is 49.4 Å². The summed E-state index contributed by atoms with van der Waals surface area (Å²) in [6, 6.07) is 13.4. The largest absolute Gasteiger partial charge is 0.376 e. The molecule has 5 nitrogen and oxygen atoms in total. The first-order valence-electron chi connectivity index (χ1n) is 8.69. The molecule has 5 heteroatoms. The first-order valence-corrected chi connectivity index (χ1v) is 8.69. The van der Waals surface area contributed by atoms with E-state index in [0.717, 1.165) is 28.2 Å². The van der Waals surface area contributed by atoms with Gasteiger partial charge in [-0.3, -0.25) is 9.59 Å². The second-order valence-electron chi connectivity index (χ2n) is 7.36. The van der Waals surface area contributed by atoms with Crippen molar-refractivity contribution in [1.82, 2.24) is 0 Å². The van der Waals surface area contributed by atoms with E-state index in [9.17, 15) is 9.59 Å². The molecule has 0 bridgehead atoms. The van der Waals surface area contributed by atoms with Gasteiger partial charge in [-0.1, -0.05) is 45.0 Å². The van der Waals surface area contributed by atoms with E-state index in [1.54, 1.807) is 0 Å². The Morgan fingerprint density at radius 3 is 2.15 bits per heavy atom. The summed E-state index contributed by atoms with van der Waals surface area (Å²) in [4.78, 5) is 23.7. The maximum absolute atomic E-state index is 12.4. The van der Waals surface area contributed by atoms with Crippen LogP contribution in [0.25, 0.3) is 0 Å². The van der Waals surface area contributed by atoms with Gasteiger partial charge in [-0.05, 0) is 41.7 Å². The van der Waals surface area contributed by atoms with Crippen LogP contribution < -0.4 is 16.0 Å². The Kier molecular flexibility index (Phi) is 6.03. The molecule has 26 heavy (non-hydrogen) atoms. The fraction of sp³-hybridized carbons (Fsp3) is 0.333. The van der Waals surface area contributed by atoms with Gasteiger partial charge in [-0.2, -0.15) is 0 Å². The maximum atomic E-state index is 12.4. The van der Waals surface area contributed by atoms with Crippen molar-refractivity contribution in [1.29, 1.82) is 0 Å². The summed E-state index contributed by atoms with van der Waals surface area (Å²) in [5, 5.41) is 8.91. The summed E-state index contributed by atoms with van der Waals surface area (Å²) in [5.74, 6) is -0.243. The summed E-state index contributed by atoms with van der Waals surface area (Å²) >= 11 is 0. The third kappa shape index (κ3) is 5.09. The van der Waals surface area contributed by atoms with Crippen LogP contribution in [0.15, 0.2) is 42.5 Å². The van der Waals surface area contributed by atoms with E-state index in [1.165, 1.54) is 6.92 Å². The molecule has 2 aromatic carbocycles. The highest BCUT2D eigenvalue weighted by molar-refractivity contribution is 5.95. The number of carbonyl (C=O) groups is 2. The summed E-state index contributed by atoms with van der Waals surface area (Å²) in [5.41, 5.74) is 4.32. The first-order chi connectivity index (χ1) is 12.2. The van der Waals surface area contributed by atoms with Crippen LogP contribution in [0.4, 0.5) is 17.1 Å². The Bertz CT molecular complexity index is 807. The van der Waals surface area contributed by atoms with Gasteiger partial charge < -0.3 is 16.0 Å². The van der Waals surface area contributed by atoms with Crippen molar-refractivity contribution >= 4 is 28.9 Å². The molecule has 0 saturated carbocycles. The average molecular weight is 353 g/mol. The molecule has 0 unspecified atom stereocenters. The van der Waals surface area contributed by atoms with Gasteiger partial charge in [0, 0.05) is 24.0 Å². The lowest BCUT2D eigenvalue weighted by Crippen LogP contribution is -2.24. The van der Waals surface area contributed by atoms with Crippen LogP contribution in [0.1, 0.15) is 38.8 Å². The molecular formula is C21H27N3O2. The minimum Gasteiger partial charge on any atom is -0.376 e. The van der Waals surface area contributed by atoms with Gasteiger partial charge in [0.1, 0.15) is 0 Å². The molecular weight excluding hydrogens is 326 g/mol. The quantitative estimate of drug-likeness (QED) is 0.750. The minimum absolute atomic E-state index is 0.0550. The number of rotatable bonds is 5. The van der Waals surface area contributed by atoms with Gasteiger partial charge >= 0.3 is 0 Å². The van der Waals surface area contributed by atoms with Crippen LogP contribution in [0.5, 0.6) is 0 Å². The van der Waals surface area contributed by atoms with Gasteiger partial charge in [0.05, 0.1) is 6.54 Å². The van der Waals surface area contributed by atoms with Gasteiger partial charge in [-0.15, -0.1) is 0 Å². The van der Waals surface area contributed by atoms with Crippen molar-refractivity contribution in [3.63, 3.8) is 0 Å². The SMILES string of the molecule is CC(=O)Nc1cccc(NCC(=O)Nc2ccccc2C(C)(C)C)c1C. The van der Waals surface area contributed by atoms with E-state index in [2.05, 4.69) is 36.7 Å². The number of benzene rings is 2. The standard InChI is InChI=1S/C21H27N3O2/c1-14-17(11-8-12-18(14)23-15(2)25)22-13-20(26)24-19-10-7-6-9-16(19)21(3,4)5/h6-12,22H,13H2,1-5H3,(H,23,25)(H,24,26). The fourth-order valence-corrected chi connectivity index (χ4v) is 2.77. The number of carbonyl (C=O) groups excluding carboxylic acids is 2. The molecule has 2 aromatic rings. The number of nitrogens with one attached hydrogen (secondary N) is 3. The lowest BCUT2D eigenvalue weighted by Gasteiger charge is -2.23. The maximum Gasteiger partial charge on any atom is 0.243 e. The third-order valence-corrected chi connectivity index (χ3v) is 4.09. The van der Waals surface area contributed by atoms with Crippen molar-refractivity contribution in [3.05, 3.63) is 53.6 Å². The van der Waals surface area contributed by atoms with E-state index in [4.69, 9.17) is 0 Å². The molecule has 0 aliphatic rings. The van der Waals surface area contributed by atoms with Crippen LogP contribution in [-0.4, -0.2) is 18.4 Å². The number of para-hydroxylation sites is 1. The van der Waals surface area contributed by atoms with Gasteiger partial charge in [0.25, 0.3) is 0 Å². The summed E-state index contributed by atoms with van der Waals surface area (Å²) in [7, 11) is 0. The lowest BCUT2D eigenvalue weighted by atomic mass is 9.86. The molecule has 138 valence electrons. The minimum atomic E-state index is -0.123. The van der Waals surface area contributed by atoms with Gasteiger partial charge in [-0.25, -0.2) is 0 Å². The highest BCUT2D eigenvalue weighted by Gasteiger charge is 2.18. The molecule has 0 aromatic heterocycles. The summed E-state index contributed by atoms with van der Waals surface area (Å²) < 4.78 is 0. The lowest BCUT2D eigenvalue weighted by molar-refractivity contribution is -0.115. The molecule has 0 heterocycles. The molecule has 0 aliphatic carbocycles.